The van der Waals surface area contributed by atoms with Gasteiger partial charge in [-0.25, -0.2) is 8.42 Å². The van der Waals surface area contributed by atoms with Crippen LogP contribution in [0.4, 0.5) is 0 Å². The van der Waals surface area contributed by atoms with Crippen LogP contribution in [0.5, 0.6) is 0 Å². The fourth-order valence-corrected chi connectivity index (χ4v) is 4.15. The van der Waals surface area contributed by atoms with Crippen molar-refractivity contribution in [3.8, 4) is 0 Å². The largest absolute Gasteiger partial charge is 0.326 e. The molecule has 1 aromatic carbocycles. The monoisotopic (exact) mass is 304 g/mol. The minimum Gasteiger partial charge on any atom is -0.326 e. The van der Waals surface area contributed by atoms with Gasteiger partial charge in [-0.1, -0.05) is 19.1 Å². The third-order valence-corrected chi connectivity index (χ3v) is 5.57. The smallest absolute Gasteiger partial charge is 0.243 e. The van der Waals surface area contributed by atoms with Crippen LogP contribution in [0.1, 0.15) is 18.1 Å². The van der Waals surface area contributed by atoms with Crippen LogP contribution in [0.3, 0.4) is 0 Å². The summed E-state index contributed by atoms with van der Waals surface area (Å²) in [5.74, 6) is 0.213. The maximum atomic E-state index is 12.6. The summed E-state index contributed by atoms with van der Waals surface area (Å²) in [6.07, 6.45) is 0. The van der Waals surface area contributed by atoms with E-state index in [0.717, 1.165) is 11.1 Å². The van der Waals surface area contributed by atoms with Crippen LogP contribution in [-0.2, 0) is 10.0 Å². The summed E-state index contributed by atoms with van der Waals surface area (Å²) in [6, 6.07) is 5.44. The van der Waals surface area contributed by atoms with Crippen molar-refractivity contribution in [3.05, 3.63) is 29.3 Å². The molecule has 0 aromatic heterocycles. The molecule has 0 radical (unpaired) electrons. The SMILES string of the molecule is Cc1ccc(C)c(S(=O)(=O)N2CC(C)C(N)C2)c1.Cl. The lowest BCUT2D eigenvalue weighted by Gasteiger charge is -2.18. The third kappa shape index (κ3) is 3.11. The van der Waals surface area contributed by atoms with E-state index in [0.29, 0.717) is 18.0 Å². The first-order chi connectivity index (χ1) is 8.32. The van der Waals surface area contributed by atoms with Gasteiger partial charge in [0, 0.05) is 19.1 Å². The second kappa shape index (κ2) is 5.79. The molecule has 1 aliphatic heterocycles. The van der Waals surface area contributed by atoms with Gasteiger partial charge in [-0.2, -0.15) is 4.31 Å². The Morgan fingerprint density at radius 1 is 1.26 bits per heavy atom. The Morgan fingerprint density at radius 3 is 2.42 bits per heavy atom. The minimum absolute atomic E-state index is 0. The van der Waals surface area contributed by atoms with Gasteiger partial charge in [0.05, 0.1) is 4.90 Å². The normalized spacial score (nSPS) is 24.2. The van der Waals surface area contributed by atoms with Crippen molar-refractivity contribution in [2.45, 2.75) is 31.7 Å². The van der Waals surface area contributed by atoms with Crippen molar-refractivity contribution in [1.82, 2.24) is 4.31 Å². The fraction of sp³-hybridized carbons (Fsp3) is 0.538. The quantitative estimate of drug-likeness (QED) is 0.904. The Kier molecular flexibility index (Phi) is 5.01. The van der Waals surface area contributed by atoms with Crippen LogP contribution >= 0.6 is 12.4 Å². The van der Waals surface area contributed by atoms with Gasteiger partial charge in [0.2, 0.25) is 10.0 Å². The molecule has 1 aliphatic rings. The zero-order valence-electron chi connectivity index (χ0n) is 11.5. The Bertz CT molecular complexity index is 550. The molecule has 1 heterocycles. The number of aryl methyl sites for hydroxylation is 2. The van der Waals surface area contributed by atoms with Crippen LogP contribution in [0.2, 0.25) is 0 Å². The summed E-state index contributed by atoms with van der Waals surface area (Å²) in [5, 5.41) is 0. The Balaban J connectivity index is 0.00000180. The molecule has 2 unspecified atom stereocenters. The molecular weight excluding hydrogens is 284 g/mol. The summed E-state index contributed by atoms with van der Waals surface area (Å²) in [7, 11) is -3.40. The predicted octanol–water partition coefficient (Wildman–Crippen LogP) is 1.69. The second-order valence-corrected chi connectivity index (χ2v) is 7.14. The number of sulfonamides is 1. The van der Waals surface area contributed by atoms with Crippen molar-refractivity contribution in [2.24, 2.45) is 11.7 Å². The molecule has 19 heavy (non-hydrogen) atoms. The molecule has 2 atom stereocenters. The first kappa shape index (κ1) is 16.4. The molecule has 2 rings (SSSR count). The molecule has 1 fully saturated rings. The first-order valence-electron chi connectivity index (χ1n) is 6.15. The average molecular weight is 305 g/mol. The van der Waals surface area contributed by atoms with Crippen LogP contribution in [0.15, 0.2) is 23.1 Å². The van der Waals surface area contributed by atoms with Crippen molar-refractivity contribution < 1.29 is 8.42 Å². The van der Waals surface area contributed by atoms with Gasteiger partial charge in [0.1, 0.15) is 0 Å². The summed E-state index contributed by atoms with van der Waals surface area (Å²) < 4.78 is 26.6. The van der Waals surface area contributed by atoms with Gasteiger partial charge >= 0.3 is 0 Å². The maximum Gasteiger partial charge on any atom is 0.243 e. The molecule has 1 aromatic rings. The number of nitrogens with zero attached hydrogens (tertiary/aromatic N) is 1. The molecule has 2 N–H and O–H groups in total. The highest BCUT2D eigenvalue weighted by atomic mass is 35.5. The number of hydrogen-bond acceptors (Lipinski definition) is 3. The summed E-state index contributed by atoms with van der Waals surface area (Å²) in [5.41, 5.74) is 7.65. The van der Waals surface area contributed by atoms with E-state index in [1.165, 1.54) is 4.31 Å². The Hall–Kier alpha value is -0.620. The number of benzene rings is 1. The lowest BCUT2D eigenvalue weighted by Crippen LogP contribution is -2.32. The second-order valence-electron chi connectivity index (χ2n) is 5.23. The van der Waals surface area contributed by atoms with E-state index in [1.807, 2.05) is 32.9 Å². The van der Waals surface area contributed by atoms with Crippen LogP contribution in [0.25, 0.3) is 0 Å². The lowest BCUT2D eigenvalue weighted by atomic mass is 10.1. The Labute approximate surface area is 121 Å². The zero-order valence-corrected chi connectivity index (χ0v) is 13.1. The topological polar surface area (TPSA) is 63.4 Å². The number of halogens is 1. The van der Waals surface area contributed by atoms with E-state index in [-0.39, 0.29) is 24.4 Å². The number of hydrogen-bond donors (Lipinski definition) is 1. The van der Waals surface area contributed by atoms with E-state index in [2.05, 4.69) is 0 Å². The highest BCUT2D eigenvalue weighted by Crippen LogP contribution is 2.26. The third-order valence-electron chi connectivity index (χ3n) is 3.60. The molecule has 108 valence electrons. The van der Waals surface area contributed by atoms with E-state index in [9.17, 15) is 8.42 Å². The van der Waals surface area contributed by atoms with E-state index >= 15 is 0 Å². The molecule has 6 heteroatoms. The molecule has 1 saturated heterocycles. The maximum absolute atomic E-state index is 12.6. The molecule has 0 spiro atoms. The average Bonchev–Trinajstić information content (AvgIpc) is 2.63. The van der Waals surface area contributed by atoms with Crippen LogP contribution < -0.4 is 5.73 Å². The molecule has 0 aliphatic carbocycles. The van der Waals surface area contributed by atoms with Gasteiger partial charge in [0.15, 0.2) is 0 Å². The molecular formula is C13H21ClN2O2S. The van der Waals surface area contributed by atoms with E-state index in [4.69, 9.17) is 5.73 Å². The highest BCUT2D eigenvalue weighted by molar-refractivity contribution is 7.89. The van der Waals surface area contributed by atoms with Gasteiger partial charge in [0.25, 0.3) is 0 Å². The summed E-state index contributed by atoms with van der Waals surface area (Å²) in [6.45, 7) is 6.64. The Morgan fingerprint density at radius 2 is 1.89 bits per heavy atom. The van der Waals surface area contributed by atoms with Crippen molar-refractivity contribution in [3.63, 3.8) is 0 Å². The van der Waals surface area contributed by atoms with Gasteiger partial charge < -0.3 is 5.73 Å². The number of rotatable bonds is 2. The standard InChI is InChI=1S/C13H20N2O2S.ClH/c1-9-4-5-10(2)13(6-9)18(16,17)15-7-11(3)12(14)8-15;/h4-6,11-12H,7-8,14H2,1-3H3;1H. The number of nitrogens with two attached hydrogens (primary N) is 1. The van der Waals surface area contributed by atoms with Crippen LogP contribution in [0, 0.1) is 19.8 Å². The van der Waals surface area contributed by atoms with Gasteiger partial charge in [-0.05, 0) is 37.0 Å². The van der Waals surface area contributed by atoms with E-state index in [1.54, 1.807) is 6.07 Å². The fourth-order valence-electron chi connectivity index (χ4n) is 2.27. The van der Waals surface area contributed by atoms with Crippen molar-refractivity contribution in [2.75, 3.05) is 13.1 Å². The molecule has 0 amide bonds. The van der Waals surface area contributed by atoms with Crippen molar-refractivity contribution in [1.29, 1.82) is 0 Å². The van der Waals surface area contributed by atoms with E-state index < -0.39 is 10.0 Å². The van der Waals surface area contributed by atoms with Gasteiger partial charge in [-0.15, -0.1) is 12.4 Å². The zero-order chi connectivity index (χ0) is 13.5. The highest BCUT2D eigenvalue weighted by Gasteiger charge is 2.35. The van der Waals surface area contributed by atoms with Crippen LogP contribution in [-0.4, -0.2) is 31.9 Å². The lowest BCUT2D eigenvalue weighted by molar-refractivity contribution is 0.464. The van der Waals surface area contributed by atoms with Crippen molar-refractivity contribution >= 4 is 22.4 Å². The molecule has 0 bridgehead atoms. The molecule has 4 nitrogen and oxygen atoms in total. The predicted molar refractivity (Wildman–Crippen MR) is 79.1 cm³/mol. The minimum atomic E-state index is -3.40. The molecule has 0 saturated carbocycles. The summed E-state index contributed by atoms with van der Waals surface area (Å²) >= 11 is 0. The van der Waals surface area contributed by atoms with Gasteiger partial charge in [-0.3, -0.25) is 0 Å². The summed E-state index contributed by atoms with van der Waals surface area (Å²) in [4.78, 5) is 0.406. The first-order valence-corrected chi connectivity index (χ1v) is 7.59.